The van der Waals surface area contributed by atoms with Crippen molar-refractivity contribution in [2.45, 2.75) is 19.8 Å². The second-order valence-corrected chi connectivity index (χ2v) is 5.69. The average molecular weight is 327 g/mol. The number of anilines is 1. The predicted molar refractivity (Wildman–Crippen MR) is 87.7 cm³/mol. The Morgan fingerprint density at radius 2 is 2.18 bits per heavy atom. The maximum Gasteiger partial charge on any atom is 0.238 e. The molecule has 1 aliphatic rings. The highest BCUT2D eigenvalue weighted by molar-refractivity contribution is 6.32. The molecular formula is C16H23ClN2O3. The summed E-state index contributed by atoms with van der Waals surface area (Å²) < 4.78 is 10.9. The summed E-state index contributed by atoms with van der Waals surface area (Å²) in [5.41, 5.74) is 0.585. The second kappa shape index (κ2) is 8.98. The molecule has 6 heteroatoms. The largest absolute Gasteiger partial charge is 0.487 e. The van der Waals surface area contributed by atoms with Crippen LogP contribution in [-0.4, -0.2) is 38.8 Å². The van der Waals surface area contributed by atoms with Gasteiger partial charge in [-0.1, -0.05) is 17.7 Å². The topological polar surface area (TPSA) is 59.6 Å². The van der Waals surface area contributed by atoms with Gasteiger partial charge in [-0.2, -0.15) is 0 Å². The van der Waals surface area contributed by atoms with E-state index in [9.17, 15) is 4.79 Å². The standard InChI is InChI=1S/C16H23ClN2O3/c1-2-21-8-9-22-16-13(17)4-3-5-14(16)19-15(20)11-18-10-12-6-7-12/h3-5,12,18H,2,6-11H2,1H3,(H,19,20). The van der Waals surface area contributed by atoms with Crippen LogP contribution in [0.1, 0.15) is 19.8 Å². The van der Waals surface area contributed by atoms with Crippen molar-refractivity contribution < 1.29 is 14.3 Å². The number of rotatable bonds is 10. The molecule has 0 saturated heterocycles. The summed E-state index contributed by atoms with van der Waals surface area (Å²) in [6, 6.07) is 5.30. The molecule has 0 atom stereocenters. The van der Waals surface area contributed by atoms with E-state index in [4.69, 9.17) is 21.1 Å². The third kappa shape index (κ3) is 5.83. The lowest BCUT2D eigenvalue weighted by molar-refractivity contribution is -0.115. The number of halogens is 1. The van der Waals surface area contributed by atoms with E-state index in [-0.39, 0.29) is 5.91 Å². The van der Waals surface area contributed by atoms with E-state index in [1.165, 1.54) is 12.8 Å². The molecule has 1 amide bonds. The summed E-state index contributed by atoms with van der Waals surface area (Å²) >= 11 is 6.15. The van der Waals surface area contributed by atoms with E-state index >= 15 is 0 Å². The molecule has 1 aliphatic carbocycles. The first-order valence-electron chi connectivity index (χ1n) is 7.70. The molecule has 0 aromatic heterocycles. The van der Waals surface area contributed by atoms with Crippen LogP contribution in [0.25, 0.3) is 0 Å². The summed E-state index contributed by atoms with van der Waals surface area (Å²) in [7, 11) is 0. The summed E-state index contributed by atoms with van der Waals surface area (Å²) in [4.78, 5) is 12.0. The van der Waals surface area contributed by atoms with Crippen LogP contribution < -0.4 is 15.4 Å². The van der Waals surface area contributed by atoms with Crippen LogP contribution in [0.4, 0.5) is 5.69 Å². The van der Waals surface area contributed by atoms with Crippen LogP contribution in [-0.2, 0) is 9.53 Å². The quantitative estimate of drug-likeness (QED) is 0.649. The molecule has 1 fully saturated rings. The number of hydrogen-bond acceptors (Lipinski definition) is 4. The van der Waals surface area contributed by atoms with Gasteiger partial charge in [-0.15, -0.1) is 0 Å². The van der Waals surface area contributed by atoms with Gasteiger partial charge in [0.2, 0.25) is 5.91 Å². The number of benzene rings is 1. The fourth-order valence-corrected chi connectivity index (χ4v) is 2.24. The first-order valence-corrected chi connectivity index (χ1v) is 8.08. The minimum absolute atomic E-state index is 0.0995. The fraction of sp³-hybridized carbons (Fsp3) is 0.562. The van der Waals surface area contributed by atoms with E-state index in [1.807, 2.05) is 6.92 Å². The molecule has 5 nitrogen and oxygen atoms in total. The van der Waals surface area contributed by atoms with E-state index in [0.717, 1.165) is 12.5 Å². The van der Waals surface area contributed by atoms with Crippen LogP contribution in [0.5, 0.6) is 5.75 Å². The molecular weight excluding hydrogens is 304 g/mol. The van der Waals surface area contributed by atoms with Crippen LogP contribution >= 0.6 is 11.6 Å². The van der Waals surface area contributed by atoms with E-state index in [0.29, 0.717) is 42.8 Å². The highest BCUT2D eigenvalue weighted by Crippen LogP contribution is 2.32. The maximum atomic E-state index is 12.0. The van der Waals surface area contributed by atoms with Gasteiger partial charge in [0.05, 0.1) is 23.9 Å². The zero-order valence-corrected chi connectivity index (χ0v) is 13.6. The van der Waals surface area contributed by atoms with E-state index < -0.39 is 0 Å². The molecule has 2 N–H and O–H groups in total. The van der Waals surface area contributed by atoms with E-state index in [1.54, 1.807) is 18.2 Å². The van der Waals surface area contributed by atoms with Gasteiger partial charge in [0.1, 0.15) is 6.61 Å². The third-order valence-electron chi connectivity index (χ3n) is 3.33. The van der Waals surface area contributed by atoms with Crippen molar-refractivity contribution in [2.75, 3.05) is 38.2 Å². The molecule has 0 heterocycles. The Morgan fingerprint density at radius 3 is 2.91 bits per heavy atom. The number of hydrogen-bond donors (Lipinski definition) is 2. The van der Waals surface area contributed by atoms with Crippen molar-refractivity contribution in [3.8, 4) is 5.75 Å². The van der Waals surface area contributed by atoms with E-state index in [2.05, 4.69) is 10.6 Å². The molecule has 0 spiro atoms. The lowest BCUT2D eigenvalue weighted by atomic mass is 10.3. The minimum Gasteiger partial charge on any atom is -0.487 e. The SMILES string of the molecule is CCOCCOc1c(Cl)cccc1NC(=O)CNCC1CC1. The van der Waals surface area contributed by atoms with Gasteiger partial charge in [-0.25, -0.2) is 0 Å². The van der Waals surface area contributed by atoms with Crippen LogP contribution in [0.3, 0.4) is 0 Å². The zero-order valence-electron chi connectivity index (χ0n) is 12.9. The number of amides is 1. The number of carbonyl (C=O) groups is 1. The summed E-state index contributed by atoms with van der Waals surface area (Å²) in [6.07, 6.45) is 2.53. The van der Waals surface area contributed by atoms with Gasteiger partial charge in [0, 0.05) is 6.61 Å². The zero-order chi connectivity index (χ0) is 15.8. The smallest absolute Gasteiger partial charge is 0.238 e. The fourth-order valence-electron chi connectivity index (χ4n) is 2.01. The van der Waals surface area contributed by atoms with Gasteiger partial charge in [0.25, 0.3) is 0 Å². The first kappa shape index (κ1) is 17.1. The van der Waals surface area contributed by atoms with Gasteiger partial charge in [-0.3, -0.25) is 4.79 Å². The summed E-state index contributed by atoms with van der Waals surface area (Å²) in [5.74, 6) is 1.13. The highest BCUT2D eigenvalue weighted by Gasteiger charge is 2.20. The maximum absolute atomic E-state index is 12.0. The Balaban J connectivity index is 1.84. The monoisotopic (exact) mass is 326 g/mol. The van der Waals surface area contributed by atoms with Gasteiger partial charge < -0.3 is 20.1 Å². The molecule has 1 saturated carbocycles. The minimum atomic E-state index is -0.0995. The number of para-hydroxylation sites is 1. The summed E-state index contributed by atoms with van der Waals surface area (Å²) in [5, 5.41) is 6.46. The van der Waals surface area contributed by atoms with Gasteiger partial charge in [0.15, 0.2) is 5.75 Å². The predicted octanol–water partition coefficient (Wildman–Crippen LogP) is 2.69. The lowest BCUT2D eigenvalue weighted by Crippen LogP contribution is -2.29. The van der Waals surface area contributed by atoms with Crippen molar-refractivity contribution in [3.63, 3.8) is 0 Å². The van der Waals surface area contributed by atoms with Crippen LogP contribution in [0.2, 0.25) is 5.02 Å². The molecule has 22 heavy (non-hydrogen) atoms. The van der Waals surface area contributed by atoms with Crippen molar-refractivity contribution in [1.82, 2.24) is 5.32 Å². The first-order chi connectivity index (χ1) is 10.7. The van der Waals surface area contributed by atoms with Crippen LogP contribution in [0.15, 0.2) is 18.2 Å². The Kier molecular flexibility index (Phi) is 6.96. The molecule has 0 bridgehead atoms. The normalized spacial score (nSPS) is 13.9. The summed E-state index contributed by atoms with van der Waals surface area (Å²) in [6.45, 7) is 4.64. The molecule has 0 radical (unpaired) electrons. The average Bonchev–Trinajstić information content (AvgIpc) is 3.30. The molecule has 1 aromatic carbocycles. The lowest BCUT2D eigenvalue weighted by Gasteiger charge is -2.14. The van der Waals surface area contributed by atoms with Crippen LogP contribution in [0, 0.1) is 5.92 Å². The second-order valence-electron chi connectivity index (χ2n) is 5.28. The van der Waals surface area contributed by atoms with Crippen molar-refractivity contribution >= 4 is 23.2 Å². The molecule has 2 rings (SSSR count). The third-order valence-corrected chi connectivity index (χ3v) is 3.63. The number of carbonyl (C=O) groups excluding carboxylic acids is 1. The number of ether oxygens (including phenoxy) is 2. The number of nitrogens with one attached hydrogen (secondary N) is 2. The van der Waals surface area contributed by atoms with Gasteiger partial charge in [-0.05, 0) is 44.4 Å². The Hall–Kier alpha value is -1.30. The molecule has 122 valence electrons. The Bertz CT molecular complexity index is 492. The van der Waals surface area contributed by atoms with Crippen molar-refractivity contribution in [2.24, 2.45) is 5.92 Å². The van der Waals surface area contributed by atoms with Crippen molar-refractivity contribution in [3.05, 3.63) is 23.2 Å². The van der Waals surface area contributed by atoms with Crippen molar-refractivity contribution in [1.29, 1.82) is 0 Å². The molecule has 1 aromatic rings. The Labute approximate surface area is 136 Å². The molecule has 0 unspecified atom stereocenters. The highest BCUT2D eigenvalue weighted by atomic mass is 35.5. The van der Waals surface area contributed by atoms with Gasteiger partial charge >= 0.3 is 0 Å². The molecule has 0 aliphatic heterocycles. The Morgan fingerprint density at radius 1 is 1.36 bits per heavy atom.